The van der Waals surface area contributed by atoms with Gasteiger partial charge in [-0.3, -0.25) is 9.89 Å². The summed E-state index contributed by atoms with van der Waals surface area (Å²) in [5.41, 5.74) is 3.36. The molecule has 8 nitrogen and oxygen atoms in total. The zero-order valence-corrected chi connectivity index (χ0v) is 15.5. The summed E-state index contributed by atoms with van der Waals surface area (Å²) in [4.78, 5) is 19.5. The van der Waals surface area contributed by atoms with Gasteiger partial charge in [0.05, 0.1) is 24.9 Å². The number of hydrogen-bond donors (Lipinski definition) is 2. The molecular weight excluding hydrogens is 332 g/mol. The van der Waals surface area contributed by atoms with Crippen LogP contribution in [0.4, 0.5) is 0 Å². The predicted molar refractivity (Wildman–Crippen MR) is 99.0 cm³/mol. The summed E-state index contributed by atoms with van der Waals surface area (Å²) in [7, 11) is 0. The monoisotopic (exact) mass is 356 g/mol. The molecule has 8 heteroatoms. The number of nitrogens with zero attached hydrogens (tertiary/aromatic N) is 4. The van der Waals surface area contributed by atoms with Gasteiger partial charge >= 0.3 is 0 Å². The molecule has 0 aliphatic rings. The number of aryl methyl sites for hydroxylation is 1. The molecule has 0 radical (unpaired) electrons. The van der Waals surface area contributed by atoms with Crippen LogP contribution >= 0.6 is 0 Å². The highest BCUT2D eigenvalue weighted by Gasteiger charge is 2.19. The number of nitrogens with one attached hydrogen (secondary N) is 2. The molecular formula is C18H24N6O2. The Balaban J connectivity index is 2.12. The lowest BCUT2D eigenvalue weighted by Crippen LogP contribution is -2.13. The quantitative estimate of drug-likeness (QED) is 0.633. The lowest BCUT2D eigenvalue weighted by atomic mass is 10.0. The molecule has 3 aromatic rings. The summed E-state index contributed by atoms with van der Waals surface area (Å²) in [6.07, 6.45) is 1.72. The summed E-state index contributed by atoms with van der Waals surface area (Å²) in [6, 6.07) is 3.33. The minimum atomic E-state index is -0.122. The Kier molecular flexibility index (Phi) is 5.32. The van der Waals surface area contributed by atoms with Gasteiger partial charge in [-0.05, 0) is 25.8 Å². The molecule has 0 atom stereocenters. The fraction of sp³-hybridized carbons (Fsp3) is 0.444. The molecule has 0 saturated heterocycles. The Labute approximate surface area is 151 Å². The maximum Gasteiger partial charge on any atom is 0.248 e. The average molecular weight is 356 g/mol. The Morgan fingerprint density at radius 1 is 1.27 bits per heavy atom. The van der Waals surface area contributed by atoms with Crippen LogP contribution in [-0.2, 0) is 11.3 Å². The maximum absolute atomic E-state index is 11.8. The van der Waals surface area contributed by atoms with Crippen molar-refractivity contribution in [3.8, 4) is 22.8 Å². The van der Waals surface area contributed by atoms with Crippen LogP contribution in [0.15, 0.2) is 23.1 Å². The standard InChI is InChI=1S/C18H24N6O2/c1-5-26-9-8-24-18(13-6-7-15(25)20-16(13)11(2)3)21-17(23-24)14-10-19-22-12(14)4/h6-7,10-11H,5,8-9H2,1-4H3,(H,19,22)(H,20,25). The first-order chi connectivity index (χ1) is 12.5. The van der Waals surface area contributed by atoms with Gasteiger partial charge < -0.3 is 9.72 Å². The summed E-state index contributed by atoms with van der Waals surface area (Å²) in [5, 5.41) is 11.6. The first kappa shape index (κ1) is 18.1. The number of rotatable bonds is 7. The van der Waals surface area contributed by atoms with Crippen LogP contribution in [0.25, 0.3) is 22.8 Å². The van der Waals surface area contributed by atoms with Gasteiger partial charge in [0.25, 0.3) is 0 Å². The molecule has 3 aromatic heterocycles. The average Bonchev–Trinajstić information content (AvgIpc) is 3.21. The highest BCUT2D eigenvalue weighted by molar-refractivity contribution is 5.64. The highest BCUT2D eigenvalue weighted by atomic mass is 16.5. The van der Waals surface area contributed by atoms with E-state index in [2.05, 4.69) is 20.3 Å². The van der Waals surface area contributed by atoms with Crippen LogP contribution in [0.5, 0.6) is 0 Å². The smallest absolute Gasteiger partial charge is 0.248 e. The number of aromatic amines is 2. The second-order valence-electron chi connectivity index (χ2n) is 6.39. The predicted octanol–water partition coefficient (Wildman–Crippen LogP) is 2.49. The van der Waals surface area contributed by atoms with Crippen molar-refractivity contribution in [2.45, 2.75) is 40.2 Å². The molecule has 0 fully saturated rings. The lowest BCUT2D eigenvalue weighted by molar-refractivity contribution is 0.136. The van der Waals surface area contributed by atoms with Crippen LogP contribution in [0.2, 0.25) is 0 Å². The van der Waals surface area contributed by atoms with E-state index in [4.69, 9.17) is 9.72 Å². The summed E-state index contributed by atoms with van der Waals surface area (Å²) in [5.74, 6) is 1.46. The highest BCUT2D eigenvalue weighted by Crippen LogP contribution is 2.28. The SMILES string of the molecule is CCOCCn1nc(-c2cn[nH]c2C)nc1-c1ccc(=O)[nH]c1C(C)C. The van der Waals surface area contributed by atoms with Crippen molar-refractivity contribution in [2.24, 2.45) is 0 Å². The molecule has 0 aromatic carbocycles. The molecule has 2 N–H and O–H groups in total. The largest absolute Gasteiger partial charge is 0.380 e. The van der Waals surface area contributed by atoms with Crippen molar-refractivity contribution in [1.82, 2.24) is 29.9 Å². The van der Waals surface area contributed by atoms with E-state index in [9.17, 15) is 4.79 Å². The molecule has 0 amide bonds. The molecule has 0 spiro atoms. The summed E-state index contributed by atoms with van der Waals surface area (Å²) in [6.45, 7) is 9.73. The van der Waals surface area contributed by atoms with Crippen molar-refractivity contribution >= 4 is 0 Å². The Bertz CT molecular complexity index is 937. The number of aromatic nitrogens is 6. The fourth-order valence-electron chi connectivity index (χ4n) is 2.82. The molecule has 0 aliphatic carbocycles. The van der Waals surface area contributed by atoms with Gasteiger partial charge in [0.2, 0.25) is 5.56 Å². The molecule has 0 saturated carbocycles. The molecule has 0 bridgehead atoms. The van der Waals surface area contributed by atoms with Gasteiger partial charge in [-0.2, -0.15) is 10.2 Å². The zero-order valence-electron chi connectivity index (χ0n) is 15.5. The molecule has 26 heavy (non-hydrogen) atoms. The van der Waals surface area contributed by atoms with Gasteiger partial charge in [-0.25, -0.2) is 9.67 Å². The first-order valence-electron chi connectivity index (χ1n) is 8.77. The number of hydrogen-bond acceptors (Lipinski definition) is 5. The number of pyridine rings is 1. The summed E-state index contributed by atoms with van der Waals surface area (Å²) < 4.78 is 7.31. The molecule has 3 heterocycles. The Morgan fingerprint density at radius 3 is 2.73 bits per heavy atom. The summed E-state index contributed by atoms with van der Waals surface area (Å²) >= 11 is 0. The van der Waals surface area contributed by atoms with Crippen molar-refractivity contribution < 1.29 is 4.74 Å². The van der Waals surface area contributed by atoms with E-state index >= 15 is 0 Å². The minimum Gasteiger partial charge on any atom is -0.380 e. The van der Waals surface area contributed by atoms with Crippen LogP contribution in [-0.4, -0.2) is 43.2 Å². The molecule has 0 unspecified atom stereocenters. The van der Waals surface area contributed by atoms with E-state index in [1.54, 1.807) is 12.3 Å². The zero-order chi connectivity index (χ0) is 18.7. The van der Waals surface area contributed by atoms with E-state index in [0.29, 0.717) is 31.4 Å². The fourth-order valence-corrected chi connectivity index (χ4v) is 2.82. The van der Waals surface area contributed by atoms with Crippen molar-refractivity contribution in [1.29, 1.82) is 0 Å². The van der Waals surface area contributed by atoms with Gasteiger partial charge in [0.1, 0.15) is 0 Å². The Morgan fingerprint density at radius 2 is 2.08 bits per heavy atom. The third-order valence-electron chi connectivity index (χ3n) is 4.16. The van der Waals surface area contributed by atoms with Gasteiger partial charge in [0.15, 0.2) is 11.6 Å². The third kappa shape index (κ3) is 3.60. The van der Waals surface area contributed by atoms with Crippen LogP contribution < -0.4 is 5.56 Å². The van der Waals surface area contributed by atoms with Crippen LogP contribution in [0, 0.1) is 6.92 Å². The molecule has 3 rings (SSSR count). The van der Waals surface area contributed by atoms with E-state index in [1.165, 1.54) is 6.07 Å². The lowest BCUT2D eigenvalue weighted by Gasteiger charge is -2.12. The van der Waals surface area contributed by atoms with E-state index in [-0.39, 0.29) is 11.5 Å². The minimum absolute atomic E-state index is 0.122. The Hall–Kier alpha value is -2.74. The van der Waals surface area contributed by atoms with Crippen molar-refractivity contribution in [2.75, 3.05) is 13.2 Å². The molecule has 138 valence electrons. The van der Waals surface area contributed by atoms with Crippen LogP contribution in [0.1, 0.15) is 38.1 Å². The van der Waals surface area contributed by atoms with Crippen LogP contribution in [0.3, 0.4) is 0 Å². The second kappa shape index (κ2) is 7.65. The van der Waals surface area contributed by atoms with E-state index in [1.807, 2.05) is 32.4 Å². The maximum atomic E-state index is 11.8. The third-order valence-corrected chi connectivity index (χ3v) is 4.16. The van der Waals surface area contributed by atoms with Crippen molar-refractivity contribution in [3.05, 3.63) is 40.1 Å². The molecule has 0 aliphatic heterocycles. The number of H-pyrrole nitrogens is 2. The van der Waals surface area contributed by atoms with Gasteiger partial charge in [0, 0.05) is 29.6 Å². The van der Waals surface area contributed by atoms with Crippen molar-refractivity contribution in [3.63, 3.8) is 0 Å². The number of ether oxygens (including phenoxy) is 1. The van der Waals surface area contributed by atoms with E-state index in [0.717, 1.165) is 22.5 Å². The normalized spacial score (nSPS) is 11.4. The van der Waals surface area contributed by atoms with Gasteiger partial charge in [-0.1, -0.05) is 13.8 Å². The first-order valence-corrected chi connectivity index (χ1v) is 8.77. The topological polar surface area (TPSA) is 101 Å². The van der Waals surface area contributed by atoms with Gasteiger partial charge in [-0.15, -0.1) is 0 Å². The van der Waals surface area contributed by atoms with E-state index < -0.39 is 0 Å². The second-order valence-corrected chi connectivity index (χ2v) is 6.39.